The number of carboxylic acid groups (broad SMARTS) is 2. The van der Waals surface area contributed by atoms with Gasteiger partial charge in [-0.2, -0.15) is 0 Å². The Balaban J connectivity index is 2.19. The third-order valence-corrected chi connectivity index (χ3v) is 6.36. The van der Waals surface area contributed by atoms with E-state index in [4.69, 9.17) is 22.3 Å². The largest absolute Gasteiger partial charge is 0.481 e. The third kappa shape index (κ3) is 10.4. The summed E-state index contributed by atoms with van der Waals surface area (Å²) in [4.78, 5) is 68.5. The van der Waals surface area contributed by atoms with E-state index < -0.39 is 59.9 Å². The molecule has 5 atom stereocenters. The number of aliphatic carboxylic acids is 2. The first kappa shape index (κ1) is 33.5. The van der Waals surface area contributed by atoms with Crippen molar-refractivity contribution < 1.29 is 39.3 Å². The SMILES string of the molecule is CC(O)C(NC(=O)C(N)CCC(=O)O)C(=O)NC(CCCN=C(N)N)C(=O)NC(Cc1c[nH]c2ccccc12)C(=O)O. The molecule has 0 spiro atoms. The van der Waals surface area contributed by atoms with Crippen molar-refractivity contribution >= 4 is 46.5 Å². The fourth-order valence-electron chi connectivity index (χ4n) is 4.10. The van der Waals surface area contributed by atoms with Gasteiger partial charge < -0.3 is 53.5 Å². The molecule has 1 aromatic carbocycles. The Labute approximate surface area is 241 Å². The summed E-state index contributed by atoms with van der Waals surface area (Å²) in [6.45, 7) is 1.33. The van der Waals surface area contributed by atoms with Crippen molar-refractivity contribution in [3.05, 3.63) is 36.0 Å². The number of hydrogen-bond acceptors (Lipinski definition) is 8. The predicted molar refractivity (Wildman–Crippen MR) is 152 cm³/mol. The van der Waals surface area contributed by atoms with E-state index >= 15 is 0 Å². The molecular formula is C26H38N8O8. The van der Waals surface area contributed by atoms with Gasteiger partial charge in [0.1, 0.15) is 18.1 Å². The number of H-pyrrole nitrogens is 1. The lowest BCUT2D eigenvalue weighted by Gasteiger charge is -2.26. The molecule has 42 heavy (non-hydrogen) atoms. The first-order valence-corrected chi connectivity index (χ1v) is 13.2. The van der Waals surface area contributed by atoms with Gasteiger partial charge in [-0.05, 0) is 37.8 Å². The number of hydrogen-bond donors (Lipinski definition) is 10. The molecule has 1 heterocycles. The molecule has 0 bridgehead atoms. The third-order valence-electron chi connectivity index (χ3n) is 6.36. The fourth-order valence-corrected chi connectivity index (χ4v) is 4.10. The molecule has 0 aliphatic carbocycles. The highest BCUT2D eigenvalue weighted by molar-refractivity contribution is 5.94. The van der Waals surface area contributed by atoms with Gasteiger partial charge in [0, 0.05) is 36.5 Å². The standard InChI is InChI=1S/C26H38N8O8/c1-13(35)21(34-22(38)16(27)8-9-20(36)37)24(40)32-18(7-4-10-30-26(28)29)23(39)33-19(25(41)42)11-14-12-31-17-6-3-2-5-15(14)17/h2-3,5-6,12-13,16,18-19,21,31,35H,4,7-11,27H2,1H3,(H,32,40)(H,33,39)(H,34,38)(H,36,37)(H,41,42)(H4,28,29,30). The lowest BCUT2D eigenvalue weighted by atomic mass is 10.0. The number of aliphatic hydroxyl groups is 1. The zero-order valence-electron chi connectivity index (χ0n) is 23.1. The number of carbonyl (C=O) groups excluding carboxylic acids is 3. The van der Waals surface area contributed by atoms with Crippen molar-refractivity contribution in [1.29, 1.82) is 0 Å². The van der Waals surface area contributed by atoms with Crippen LogP contribution in [0.15, 0.2) is 35.5 Å². The van der Waals surface area contributed by atoms with Crippen LogP contribution in [-0.4, -0.2) is 92.7 Å². The second-order valence-corrected chi connectivity index (χ2v) is 9.74. The number of rotatable bonds is 17. The van der Waals surface area contributed by atoms with Crippen molar-refractivity contribution in [2.75, 3.05) is 6.54 Å². The number of amides is 3. The number of nitrogens with two attached hydrogens (primary N) is 3. The van der Waals surface area contributed by atoms with Crippen molar-refractivity contribution in [2.24, 2.45) is 22.2 Å². The van der Waals surface area contributed by atoms with E-state index in [0.29, 0.717) is 5.56 Å². The molecule has 1 aromatic heterocycles. The van der Waals surface area contributed by atoms with Crippen molar-refractivity contribution in [1.82, 2.24) is 20.9 Å². The van der Waals surface area contributed by atoms with Gasteiger partial charge in [-0.25, -0.2) is 4.79 Å². The Morgan fingerprint density at radius 1 is 0.952 bits per heavy atom. The van der Waals surface area contributed by atoms with Gasteiger partial charge in [0.05, 0.1) is 12.1 Å². The molecule has 3 amide bonds. The summed E-state index contributed by atoms with van der Waals surface area (Å²) in [7, 11) is 0. The number of aliphatic imine (C=N–C) groups is 1. The monoisotopic (exact) mass is 590 g/mol. The predicted octanol–water partition coefficient (Wildman–Crippen LogP) is -2.12. The number of nitrogens with zero attached hydrogens (tertiary/aromatic N) is 1. The smallest absolute Gasteiger partial charge is 0.326 e. The van der Waals surface area contributed by atoms with Gasteiger partial charge in [-0.3, -0.25) is 24.2 Å². The first-order valence-electron chi connectivity index (χ1n) is 13.2. The van der Waals surface area contributed by atoms with Crippen LogP contribution in [0.25, 0.3) is 10.9 Å². The highest BCUT2D eigenvalue weighted by atomic mass is 16.4. The highest BCUT2D eigenvalue weighted by Gasteiger charge is 2.32. The molecule has 0 aliphatic heterocycles. The summed E-state index contributed by atoms with van der Waals surface area (Å²) < 4.78 is 0. The minimum Gasteiger partial charge on any atom is -0.481 e. The van der Waals surface area contributed by atoms with Crippen LogP contribution in [0.2, 0.25) is 0 Å². The van der Waals surface area contributed by atoms with Crippen LogP contribution in [-0.2, 0) is 30.4 Å². The molecule has 2 rings (SSSR count). The van der Waals surface area contributed by atoms with Gasteiger partial charge in [0.15, 0.2) is 5.96 Å². The molecule has 0 saturated carbocycles. The molecular weight excluding hydrogens is 552 g/mol. The van der Waals surface area contributed by atoms with Gasteiger partial charge in [0.2, 0.25) is 17.7 Å². The van der Waals surface area contributed by atoms with Crippen LogP contribution in [0.3, 0.4) is 0 Å². The molecule has 0 aliphatic rings. The van der Waals surface area contributed by atoms with E-state index in [1.54, 1.807) is 12.3 Å². The van der Waals surface area contributed by atoms with E-state index in [-0.39, 0.29) is 44.6 Å². The molecule has 0 radical (unpaired) electrons. The maximum atomic E-state index is 13.3. The minimum absolute atomic E-state index is 0.0214. The van der Waals surface area contributed by atoms with Crippen molar-refractivity contribution in [2.45, 2.75) is 69.3 Å². The number of aromatic nitrogens is 1. The van der Waals surface area contributed by atoms with Crippen molar-refractivity contribution in [3.8, 4) is 0 Å². The molecule has 230 valence electrons. The molecule has 5 unspecified atom stereocenters. The molecule has 0 saturated heterocycles. The zero-order valence-corrected chi connectivity index (χ0v) is 23.1. The van der Waals surface area contributed by atoms with Crippen LogP contribution in [0, 0.1) is 0 Å². The van der Waals surface area contributed by atoms with Gasteiger partial charge in [-0.1, -0.05) is 18.2 Å². The number of carboxylic acids is 2. The number of fused-ring (bicyclic) bond motifs is 1. The van der Waals surface area contributed by atoms with Gasteiger partial charge in [0.25, 0.3) is 0 Å². The minimum atomic E-state index is -1.55. The maximum absolute atomic E-state index is 13.3. The van der Waals surface area contributed by atoms with E-state index in [2.05, 4.69) is 25.9 Å². The second-order valence-electron chi connectivity index (χ2n) is 9.74. The van der Waals surface area contributed by atoms with Crippen LogP contribution in [0.1, 0.15) is 38.2 Å². The molecule has 16 nitrogen and oxygen atoms in total. The molecule has 16 heteroatoms. The molecule has 0 fully saturated rings. The average molecular weight is 591 g/mol. The van der Waals surface area contributed by atoms with Gasteiger partial charge >= 0.3 is 11.9 Å². The molecule has 2 aromatic rings. The summed E-state index contributed by atoms with van der Waals surface area (Å²) in [5.74, 6) is -5.30. The summed E-state index contributed by atoms with van der Waals surface area (Å²) in [6, 6.07) is 1.79. The van der Waals surface area contributed by atoms with Crippen molar-refractivity contribution in [3.63, 3.8) is 0 Å². The zero-order chi connectivity index (χ0) is 31.4. The lowest BCUT2D eigenvalue weighted by molar-refractivity contribution is -0.142. The Hall–Kier alpha value is -4.70. The summed E-state index contributed by atoms with van der Waals surface area (Å²) in [6.07, 6.45) is -0.244. The van der Waals surface area contributed by atoms with E-state index in [0.717, 1.165) is 10.9 Å². The lowest BCUT2D eigenvalue weighted by Crippen LogP contribution is -2.59. The Bertz CT molecular complexity index is 1290. The summed E-state index contributed by atoms with van der Waals surface area (Å²) in [5, 5.41) is 36.8. The number of aliphatic hydroxyl groups excluding tert-OH is 1. The quantitative estimate of drug-likeness (QED) is 0.0539. The van der Waals surface area contributed by atoms with Gasteiger partial charge in [-0.15, -0.1) is 0 Å². The summed E-state index contributed by atoms with van der Waals surface area (Å²) >= 11 is 0. The van der Waals surface area contributed by atoms with Crippen LogP contribution in [0.4, 0.5) is 0 Å². The first-order chi connectivity index (χ1) is 19.8. The second kappa shape index (κ2) is 15.9. The summed E-state index contributed by atoms with van der Waals surface area (Å²) in [5.41, 5.74) is 17.8. The van der Waals surface area contributed by atoms with Crippen LogP contribution in [0.5, 0.6) is 0 Å². The number of carbonyl (C=O) groups is 5. The molecule has 13 N–H and O–H groups in total. The highest BCUT2D eigenvalue weighted by Crippen LogP contribution is 2.19. The topological polar surface area (TPSA) is 288 Å². The van der Waals surface area contributed by atoms with E-state index in [1.165, 1.54) is 6.92 Å². The average Bonchev–Trinajstić information content (AvgIpc) is 3.33. The number of nitrogens with one attached hydrogen (secondary N) is 4. The van der Waals surface area contributed by atoms with E-state index in [1.807, 2.05) is 18.2 Å². The number of benzene rings is 1. The number of aromatic amines is 1. The number of para-hydroxylation sites is 1. The van der Waals surface area contributed by atoms with Crippen LogP contribution >= 0.6 is 0 Å². The van der Waals surface area contributed by atoms with Crippen LogP contribution < -0.4 is 33.2 Å². The maximum Gasteiger partial charge on any atom is 0.326 e. The Kier molecular flexibility index (Phi) is 12.7. The van der Waals surface area contributed by atoms with E-state index in [9.17, 15) is 34.2 Å². The normalized spacial score (nSPS) is 14.5. The Morgan fingerprint density at radius 2 is 1.62 bits per heavy atom. The Morgan fingerprint density at radius 3 is 2.24 bits per heavy atom. The number of guanidine groups is 1. The fraction of sp³-hybridized carbons (Fsp3) is 0.462.